The molecular formula is C14H7ClF2N2O2. The Morgan fingerprint density at radius 3 is 2.67 bits per heavy atom. The number of carbonyl (C=O) groups excluding carboxylic acids is 2. The Kier molecular flexibility index (Phi) is 3.17. The summed E-state index contributed by atoms with van der Waals surface area (Å²) < 4.78 is 27.1. The van der Waals surface area contributed by atoms with Gasteiger partial charge in [0.05, 0.1) is 29.0 Å². The first-order valence-electron chi connectivity index (χ1n) is 5.92. The molecule has 0 N–H and O–H groups in total. The number of hydrogen-bond acceptors (Lipinski definition) is 3. The zero-order valence-electron chi connectivity index (χ0n) is 10.4. The fourth-order valence-corrected chi connectivity index (χ4v) is 2.47. The van der Waals surface area contributed by atoms with E-state index in [1.165, 1.54) is 12.3 Å². The van der Waals surface area contributed by atoms with Crippen molar-refractivity contribution in [2.24, 2.45) is 0 Å². The summed E-state index contributed by atoms with van der Waals surface area (Å²) in [7, 11) is 0. The first-order valence-corrected chi connectivity index (χ1v) is 6.30. The fourth-order valence-electron chi connectivity index (χ4n) is 2.23. The van der Waals surface area contributed by atoms with Crippen molar-refractivity contribution in [2.75, 3.05) is 4.90 Å². The van der Waals surface area contributed by atoms with Gasteiger partial charge < -0.3 is 0 Å². The van der Waals surface area contributed by atoms with E-state index in [4.69, 9.17) is 11.6 Å². The number of nitrogens with zero attached hydrogens (tertiary/aromatic N) is 2. The molecule has 1 aliphatic heterocycles. The number of aromatic nitrogens is 1. The molecular weight excluding hydrogens is 302 g/mol. The quantitative estimate of drug-likeness (QED) is 0.802. The van der Waals surface area contributed by atoms with Crippen LogP contribution in [0.3, 0.4) is 0 Å². The van der Waals surface area contributed by atoms with E-state index in [2.05, 4.69) is 4.98 Å². The van der Waals surface area contributed by atoms with Crippen LogP contribution < -0.4 is 4.90 Å². The fraction of sp³-hybridized carbons (Fsp3) is 0.0714. The van der Waals surface area contributed by atoms with Crippen molar-refractivity contribution in [2.45, 2.75) is 6.54 Å². The lowest BCUT2D eigenvalue weighted by Crippen LogP contribution is -2.29. The van der Waals surface area contributed by atoms with Gasteiger partial charge in [0, 0.05) is 6.20 Å². The van der Waals surface area contributed by atoms with Gasteiger partial charge in [-0.1, -0.05) is 11.6 Å². The molecule has 0 aliphatic carbocycles. The number of benzene rings is 1. The molecule has 2 heterocycles. The molecule has 0 fully saturated rings. The molecule has 3 rings (SSSR count). The van der Waals surface area contributed by atoms with Crippen LogP contribution in [0.2, 0.25) is 5.02 Å². The van der Waals surface area contributed by atoms with Crippen LogP contribution in [-0.2, 0) is 11.3 Å². The first-order chi connectivity index (χ1) is 9.99. The maximum Gasteiger partial charge on any atom is 0.299 e. The lowest BCUT2D eigenvalue weighted by atomic mass is 10.1. The molecule has 106 valence electrons. The van der Waals surface area contributed by atoms with Crippen LogP contribution >= 0.6 is 11.6 Å². The molecule has 1 aromatic heterocycles. The van der Waals surface area contributed by atoms with Crippen LogP contribution in [0.15, 0.2) is 30.6 Å². The van der Waals surface area contributed by atoms with Gasteiger partial charge in [-0.3, -0.25) is 19.5 Å². The number of ketones is 1. The van der Waals surface area contributed by atoms with Crippen molar-refractivity contribution in [1.82, 2.24) is 4.98 Å². The van der Waals surface area contributed by atoms with Gasteiger partial charge in [0.1, 0.15) is 11.6 Å². The zero-order chi connectivity index (χ0) is 15.1. The Bertz CT molecular complexity index is 780. The Balaban J connectivity index is 2.08. The number of carbonyl (C=O) groups is 2. The summed E-state index contributed by atoms with van der Waals surface area (Å²) in [6.45, 7) is -0.167. The Morgan fingerprint density at radius 2 is 1.95 bits per heavy atom. The summed E-state index contributed by atoms with van der Waals surface area (Å²) in [5.41, 5.74) is -0.00355. The van der Waals surface area contributed by atoms with Gasteiger partial charge in [0.15, 0.2) is 0 Å². The molecule has 4 nitrogen and oxygen atoms in total. The third kappa shape index (κ3) is 2.17. The largest absolute Gasteiger partial charge is 0.299 e. The second-order valence-corrected chi connectivity index (χ2v) is 4.89. The smallest absolute Gasteiger partial charge is 0.297 e. The predicted octanol–water partition coefficient (Wildman–Crippen LogP) is 2.74. The molecule has 0 bridgehead atoms. The van der Waals surface area contributed by atoms with E-state index in [1.807, 2.05) is 0 Å². The normalized spacial score (nSPS) is 13.8. The Morgan fingerprint density at radius 1 is 1.19 bits per heavy atom. The number of hydrogen-bond donors (Lipinski definition) is 0. The molecule has 0 saturated heterocycles. The van der Waals surface area contributed by atoms with Crippen molar-refractivity contribution in [3.8, 4) is 0 Å². The number of halogens is 3. The minimum atomic E-state index is -0.902. The monoisotopic (exact) mass is 308 g/mol. The second kappa shape index (κ2) is 4.89. The van der Waals surface area contributed by atoms with E-state index in [-0.39, 0.29) is 22.8 Å². The van der Waals surface area contributed by atoms with Crippen molar-refractivity contribution >= 4 is 29.0 Å². The third-order valence-corrected chi connectivity index (χ3v) is 3.43. The molecule has 0 saturated carbocycles. The average Bonchev–Trinajstić information content (AvgIpc) is 2.69. The highest BCUT2D eigenvalue weighted by atomic mass is 35.5. The lowest BCUT2D eigenvalue weighted by molar-refractivity contribution is -0.114. The van der Waals surface area contributed by atoms with Gasteiger partial charge >= 0.3 is 0 Å². The summed E-state index contributed by atoms with van der Waals surface area (Å²) in [5, 5.41) is 0.00428. The molecule has 1 aliphatic rings. The topological polar surface area (TPSA) is 50.3 Å². The summed E-state index contributed by atoms with van der Waals surface area (Å²) >= 11 is 5.86. The highest BCUT2D eigenvalue weighted by molar-refractivity contribution is 6.55. The average molecular weight is 309 g/mol. The molecule has 7 heteroatoms. The number of fused-ring (bicyclic) bond motifs is 1. The molecule has 0 atom stereocenters. The zero-order valence-corrected chi connectivity index (χ0v) is 11.2. The van der Waals surface area contributed by atoms with Crippen LogP contribution in [0, 0.1) is 11.6 Å². The predicted molar refractivity (Wildman–Crippen MR) is 71.1 cm³/mol. The van der Waals surface area contributed by atoms with Crippen molar-refractivity contribution < 1.29 is 18.4 Å². The van der Waals surface area contributed by atoms with Crippen LogP contribution in [0.5, 0.6) is 0 Å². The maximum absolute atomic E-state index is 14.0. The second-order valence-electron chi connectivity index (χ2n) is 4.48. The van der Waals surface area contributed by atoms with E-state index < -0.39 is 23.3 Å². The van der Waals surface area contributed by atoms with Crippen LogP contribution in [0.25, 0.3) is 0 Å². The SMILES string of the molecule is O=C1C(=O)N(Cc2cncc(F)c2)c2c(F)ccc(Cl)c21. The maximum atomic E-state index is 14.0. The van der Waals surface area contributed by atoms with Crippen LogP contribution in [-0.4, -0.2) is 16.7 Å². The molecule has 21 heavy (non-hydrogen) atoms. The highest BCUT2D eigenvalue weighted by Crippen LogP contribution is 2.37. The lowest BCUT2D eigenvalue weighted by Gasteiger charge is -2.17. The molecule has 1 amide bonds. The Hall–Kier alpha value is -2.34. The van der Waals surface area contributed by atoms with Crippen molar-refractivity contribution in [3.05, 3.63) is 58.4 Å². The Labute approximate surface area is 123 Å². The number of pyridine rings is 1. The molecule has 0 spiro atoms. The van der Waals surface area contributed by atoms with Gasteiger partial charge in [-0.15, -0.1) is 0 Å². The number of Topliss-reactive ketones (excluding diaryl/α,β-unsaturated/α-hetero) is 1. The van der Waals surface area contributed by atoms with Gasteiger partial charge in [0.25, 0.3) is 11.7 Å². The molecule has 1 aromatic carbocycles. The van der Waals surface area contributed by atoms with Crippen LogP contribution in [0.4, 0.5) is 14.5 Å². The van der Waals surface area contributed by atoms with E-state index in [0.29, 0.717) is 5.56 Å². The van der Waals surface area contributed by atoms with Crippen molar-refractivity contribution in [3.63, 3.8) is 0 Å². The van der Waals surface area contributed by atoms with Gasteiger partial charge in [0.2, 0.25) is 0 Å². The summed E-state index contributed by atoms with van der Waals surface area (Å²) in [6, 6.07) is 3.45. The van der Waals surface area contributed by atoms with Crippen molar-refractivity contribution in [1.29, 1.82) is 0 Å². The number of rotatable bonds is 2. The summed E-state index contributed by atoms with van der Waals surface area (Å²) in [4.78, 5) is 28.5. The van der Waals surface area contributed by atoms with Crippen LogP contribution in [0.1, 0.15) is 15.9 Å². The van der Waals surface area contributed by atoms with E-state index in [9.17, 15) is 18.4 Å². The van der Waals surface area contributed by atoms with Gasteiger partial charge in [-0.2, -0.15) is 0 Å². The number of anilines is 1. The molecule has 2 aromatic rings. The molecule has 0 radical (unpaired) electrons. The highest BCUT2D eigenvalue weighted by Gasteiger charge is 2.39. The third-order valence-electron chi connectivity index (χ3n) is 3.12. The summed E-state index contributed by atoms with van der Waals surface area (Å²) in [6.07, 6.45) is 2.34. The minimum absolute atomic E-state index is 0.00428. The standard InChI is InChI=1S/C14H7ClF2N2O2/c15-9-1-2-10(17)12-11(9)13(20)14(21)19(12)6-7-3-8(16)5-18-4-7/h1-5H,6H2. The first kappa shape index (κ1) is 13.6. The van der Waals surface area contributed by atoms with Gasteiger partial charge in [-0.05, 0) is 23.8 Å². The van der Waals surface area contributed by atoms with Gasteiger partial charge in [-0.25, -0.2) is 8.78 Å². The van der Waals surface area contributed by atoms with E-state index in [0.717, 1.165) is 23.2 Å². The van der Waals surface area contributed by atoms with E-state index >= 15 is 0 Å². The minimum Gasteiger partial charge on any atom is -0.297 e. The molecule has 0 unspecified atom stereocenters. The van der Waals surface area contributed by atoms with E-state index in [1.54, 1.807) is 0 Å². The summed E-state index contributed by atoms with van der Waals surface area (Å²) in [5.74, 6) is -3.10. The number of amides is 1.